The molecule has 5 heteroatoms. The SMILES string of the molecule is O=C1C2=C3C=CC(=C2C(=O)N1c1cc[n+]([O-])cc1)C3. The molecule has 0 spiro atoms. The van der Waals surface area contributed by atoms with Crippen molar-refractivity contribution in [2.24, 2.45) is 0 Å². The number of carbonyl (C=O) groups excluding carboxylic acids is 2. The first kappa shape index (κ1) is 10.3. The molecule has 1 aromatic rings. The van der Waals surface area contributed by atoms with Gasteiger partial charge in [0.1, 0.15) is 0 Å². The number of hydrogen-bond acceptors (Lipinski definition) is 3. The van der Waals surface area contributed by atoms with E-state index in [4.69, 9.17) is 0 Å². The molecule has 0 saturated carbocycles. The zero-order valence-electron chi connectivity index (χ0n) is 9.79. The maximum atomic E-state index is 12.4. The first-order valence-corrected chi connectivity index (χ1v) is 5.89. The molecule has 2 heterocycles. The average Bonchev–Trinajstić information content (AvgIpc) is 3.06. The van der Waals surface area contributed by atoms with E-state index in [1.807, 2.05) is 12.2 Å². The van der Waals surface area contributed by atoms with Crippen LogP contribution in [0.1, 0.15) is 6.42 Å². The number of aromatic nitrogens is 1. The fourth-order valence-corrected chi connectivity index (χ4v) is 2.78. The minimum Gasteiger partial charge on any atom is -0.619 e. The van der Waals surface area contributed by atoms with Gasteiger partial charge < -0.3 is 5.21 Å². The van der Waals surface area contributed by atoms with Crippen LogP contribution in [0.4, 0.5) is 5.69 Å². The Kier molecular flexibility index (Phi) is 1.73. The van der Waals surface area contributed by atoms with E-state index < -0.39 is 0 Å². The average molecular weight is 252 g/mol. The van der Waals surface area contributed by atoms with Gasteiger partial charge in [-0.25, -0.2) is 4.90 Å². The quantitative estimate of drug-likeness (QED) is 0.421. The summed E-state index contributed by atoms with van der Waals surface area (Å²) in [5.74, 6) is -0.587. The number of fused-ring (bicyclic) bond motifs is 3. The summed E-state index contributed by atoms with van der Waals surface area (Å²) < 4.78 is 0.615. The number of anilines is 1. The van der Waals surface area contributed by atoms with E-state index >= 15 is 0 Å². The Morgan fingerprint density at radius 1 is 1.00 bits per heavy atom. The number of hydrogen-bond donors (Lipinski definition) is 0. The third-order valence-electron chi connectivity index (χ3n) is 3.64. The van der Waals surface area contributed by atoms with Crippen LogP contribution in [-0.4, -0.2) is 11.8 Å². The van der Waals surface area contributed by atoms with Gasteiger partial charge in [0.15, 0.2) is 12.4 Å². The van der Waals surface area contributed by atoms with Crippen molar-refractivity contribution in [1.82, 2.24) is 0 Å². The predicted molar refractivity (Wildman–Crippen MR) is 65.7 cm³/mol. The van der Waals surface area contributed by atoms with Gasteiger partial charge >= 0.3 is 0 Å². The highest BCUT2D eigenvalue weighted by Gasteiger charge is 2.46. The van der Waals surface area contributed by atoms with E-state index in [1.54, 1.807) is 0 Å². The number of rotatable bonds is 1. The monoisotopic (exact) mass is 252 g/mol. The summed E-state index contributed by atoms with van der Waals surface area (Å²) in [5.41, 5.74) is 3.32. The highest BCUT2D eigenvalue weighted by atomic mass is 16.5. The highest BCUT2D eigenvalue weighted by Crippen LogP contribution is 2.45. The van der Waals surface area contributed by atoms with Crippen LogP contribution in [0.2, 0.25) is 0 Å². The van der Waals surface area contributed by atoms with Gasteiger partial charge in [0, 0.05) is 12.1 Å². The van der Waals surface area contributed by atoms with Gasteiger partial charge in [0.05, 0.1) is 16.8 Å². The number of carbonyl (C=O) groups is 2. The first-order chi connectivity index (χ1) is 9.16. The van der Waals surface area contributed by atoms with Gasteiger partial charge in [-0.3, -0.25) is 9.59 Å². The first-order valence-electron chi connectivity index (χ1n) is 5.89. The molecule has 2 aliphatic carbocycles. The molecule has 2 amide bonds. The maximum absolute atomic E-state index is 12.4. The highest BCUT2D eigenvalue weighted by molar-refractivity contribution is 6.38. The number of nitrogens with zero attached hydrogens (tertiary/aromatic N) is 2. The Hall–Kier alpha value is -2.69. The minimum atomic E-state index is -0.294. The normalized spacial score (nSPS) is 20.1. The molecule has 1 aromatic heterocycles. The van der Waals surface area contributed by atoms with Crippen molar-refractivity contribution in [3.8, 4) is 0 Å². The van der Waals surface area contributed by atoms with E-state index in [1.165, 1.54) is 24.5 Å². The molecule has 4 rings (SSSR count). The second-order valence-electron chi connectivity index (χ2n) is 4.67. The van der Waals surface area contributed by atoms with Crippen LogP contribution < -0.4 is 9.63 Å². The molecule has 0 aromatic carbocycles. The minimum absolute atomic E-state index is 0.294. The Balaban J connectivity index is 1.86. The van der Waals surface area contributed by atoms with Crippen molar-refractivity contribution >= 4 is 17.5 Å². The van der Waals surface area contributed by atoms with Gasteiger partial charge in [-0.15, -0.1) is 0 Å². The van der Waals surface area contributed by atoms with Crippen molar-refractivity contribution in [2.75, 3.05) is 4.90 Å². The third-order valence-corrected chi connectivity index (χ3v) is 3.64. The topological polar surface area (TPSA) is 64.3 Å². The van der Waals surface area contributed by atoms with Crippen LogP contribution >= 0.6 is 0 Å². The van der Waals surface area contributed by atoms with Gasteiger partial charge in [0.2, 0.25) is 0 Å². The second-order valence-corrected chi connectivity index (χ2v) is 4.67. The van der Waals surface area contributed by atoms with E-state index in [0.29, 0.717) is 28.0 Å². The molecule has 0 N–H and O–H groups in total. The van der Waals surface area contributed by atoms with Gasteiger partial charge in [-0.1, -0.05) is 12.2 Å². The number of allylic oxidation sites excluding steroid dienone is 4. The molecule has 0 atom stereocenters. The van der Waals surface area contributed by atoms with Crippen LogP contribution in [0.3, 0.4) is 0 Å². The second kappa shape index (κ2) is 3.20. The van der Waals surface area contributed by atoms with Crippen molar-refractivity contribution < 1.29 is 14.3 Å². The van der Waals surface area contributed by atoms with E-state index in [-0.39, 0.29) is 11.8 Å². The van der Waals surface area contributed by atoms with Crippen LogP contribution in [0.15, 0.2) is 59.0 Å². The van der Waals surface area contributed by atoms with Gasteiger partial charge in [-0.2, -0.15) is 4.73 Å². The zero-order chi connectivity index (χ0) is 13.1. The summed E-state index contributed by atoms with van der Waals surface area (Å²) in [6.07, 6.45) is 7.00. The fraction of sp³-hybridized carbons (Fsp3) is 0.0714. The van der Waals surface area contributed by atoms with Crippen molar-refractivity contribution in [2.45, 2.75) is 6.42 Å². The summed E-state index contributed by atoms with van der Waals surface area (Å²) in [6, 6.07) is 2.94. The van der Waals surface area contributed by atoms with Gasteiger partial charge in [-0.05, 0) is 17.6 Å². The maximum Gasteiger partial charge on any atom is 0.266 e. The van der Waals surface area contributed by atoms with E-state index in [0.717, 1.165) is 16.0 Å². The Labute approximate surface area is 108 Å². The predicted octanol–water partition coefficient (Wildman–Crippen LogP) is 0.760. The molecule has 1 fully saturated rings. The van der Waals surface area contributed by atoms with E-state index in [2.05, 4.69) is 0 Å². The third kappa shape index (κ3) is 1.16. The number of pyridine rings is 1. The molecule has 1 aliphatic heterocycles. The number of amides is 2. The zero-order valence-corrected chi connectivity index (χ0v) is 9.79. The molecule has 19 heavy (non-hydrogen) atoms. The smallest absolute Gasteiger partial charge is 0.266 e. The Morgan fingerprint density at radius 3 is 2.05 bits per heavy atom. The van der Waals surface area contributed by atoms with Crippen LogP contribution in [-0.2, 0) is 9.59 Å². The summed E-state index contributed by atoms with van der Waals surface area (Å²) >= 11 is 0. The van der Waals surface area contributed by atoms with Crippen molar-refractivity contribution in [3.63, 3.8) is 0 Å². The van der Waals surface area contributed by atoms with Crippen LogP contribution in [0, 0.1) is 5.21 Å². The lowest BCUT2D eigenvalue weighted by Crippen LogP contribution is -2.31. The largest absolute Gasteiger partial charge is 0.619 e. The standard InChI is InChI=1S/C14H8N2O3/c17-13-11-8-1-2-9(7-8)12(11)14(18)16(13)10-3-5-15(19)6-4-10/h1-6H,7H2. The molecular weight excluding hydrogens is 244 g/mol. The molecule has 3 aliphatic rings. The summed E-state index contributed by atoms with van der Waals surface area (Å²) in [7, 11) is 0. The van der Waals surface area contributed by atoms with Crippen LogP contribution in [0.5, 0.6) is 0 Å². The molecule has 1 saturated heterocycles. The Morgan fingerprint density at radius 2 is 1.53 bits per heavy atom. The lowest BCUT2D eigenvalue weighted by Gasteiger charge is -2.12. The lowest BCUT2D eigenvalue weighted by atomic mass is 10.1. The lowest BCUT2D eigenvalue weighted by molar-refractivity contribution is -0.605. The summed E-state index contributed by atoms with van der Waals surface area (Å²) in [5, 5.41) is 11.0. The molecule has 0 radical (unpaired) electrons. The van der Waals surface area contributed by atoms with Crippen molar-refractivity contribution in [3.05, 3.63) is 64.2 Å². The molecule has 2 bridgehead atoms. The molecular formula is C14H8N2O3. The summed E-state index contributed by atoms with van der Waals surface area (Å²) in [6.45, 7) is 0. The van der Waals surface area contributed by atoms with Gasteiger partial charge in [0.25, 0.3) is 11.8 Å². The van der Waals surface area contributed by atoms with Crippen LogP contribution in [0.25, 0.3) is 0 Å². The van der Waals surface area contributed by atoms with E-state index in [9.17, 15) is 14.8 Å². The Bertz CT molecular complexity index is 698. The van der Waals surface area contributed by atoms with Crippen molar-refractivity contribution in [1.29, 1.82) is 0 Å². The molecule has 0 unspecified atom stereocenters. The molecule has 92 valence electrons. The fourth-order valence-electron chi connectivity index (χ4n) is 2.78. The number of imide groups is 1. The molecule has 5 nitrogen and oxygen atoms in total. The summed E-state index contributed by atoms with van der Waals surface area (Å²) in [4.78, 5) is 25.9.